The highest BCUT2D eigenvalue weighted by atomic mass is 127. The van der Waals surface area contributed by atoms with Crippen LogP contribution in [0.2, 0.25) is 0 Å². The fourth-order valence-corrected chi connectivity index (χ4v) is 1.75. The number of hydrogen-bond donors (Lipinski definition) is 1. The van der Waals surface area contributed by atoms with Crippen LogP contribution in [-0.2, 0) is 4.74 Å². The van der Waals surface area contributed by atoms with E-state index in [1.165, 1.54) is 7.11 Å². The van der Waals surface area contributed by atoms with Gasteiger partial charge in [0.2, 0.25) is 0 Å². The molecule has 0 saturated carbocycles. The van der Waals surface area contributed by atoms with Crippen LogP contribution < -0.4 is 5.32 Å². The zero-order chi connectivity index (χ0) is 12.1. The van der Waals surface area contributed by atoms with Crippen LogP contribution in [0.15, 0.2) is 18.2 Å². The third kappa shape index (κ3) is 3.66. The molecule has 0 saturated heterocycles. The lowest BCUT2D eigenvalue weighted by atomic mass is 10.1. The van der Waals surface area contributed by atoms with E-state index < -0.39 is 0 Å². The normalized spacial score (nSPS) is 10.3. The predicted molar refractivity (Wildman–Crippen MR) is 73.8 cm³/mol. The molecule has 0 spiro atoms. The maximum Gasteiger partial charge on any atom is 0.339 e. The second-order valence-corrected chi connectivity index (χ2v) is 5.20. The minimum Gasteiger partial charge on any atom is -0.465 e. The number of ether oxygens (including phenoxy) is 1. The van der Waals surface area contributed by atoms with Gasteiger partial charge in [0.15, 0.2) is 0 Å². The number of carbonyl (C=O) groups excluding carboxylic acids is 1. The van der Waals surface area contributed by atoms with Crippen molar-refractivity contribution in [2.24, 2.45) is 5.92 Å². The minimum absolute atomic E-state index is 0.301. The second kappa shape index (κ2) is 6.08. The van der Waals surface area contributed by atoms with Crippen LogP contribution in [0.5, 0.6) is 0 Å². The average molecular weight is 333 g/mol. The molecular formula is C12H16INO2. The first-order valence-electron chi connectivity index (χ1n) is 5.16. The lowest BCUT2D eigenvalue weighted by molar-refractivity contribution is 0.0601. The first-order chi connectivity index (χ1) is 7.54. The summed E-state index contributed by atoms with van der Waals surface area (Å²) in [6.45, 7) is 5.08. The van der Waals surface area contributed by atoms with Crippen LogP contribution in [-0.4, -0.2) is 19.6 Å². The minimum atomic E-state index is -0.301. The van der Waals surface area contributed by atoms with Crippen molar-refractivity contribution in [3.05, 3.63) is 27.3 Å². The Hall–Kier alpha value is -0.780. The lowest BCUT2D eigenvalue weighted by Crippen LogP contribution is -2.12. The Morgan fingerprint density at radius 2 is 2.19 bits per heavy atom. The number of methoxy groups -OCH3 is 1. The summed E-state index contributed by atoms with van der Waals surface area (Å²) in [6.07, 6.45) is 0. The average Bonchev–Trinajstić information content (AvgIpc) is 2.26. The quantitative estimate of drug-likeness (QED) is 0.680. The zero-order valence-corrected chi connectivity index (χ0v) is 11.9. The molecule has 0 aliphatic rings. The maximum atomic E-state index is 11.6. The summed E-state index contributed by atoms with van der Waals surface area (Å²) in [6, 6.07) is 5.71. The van der Waals surface area contributed by atoms with Gasteiger partial charge in [-0.3, -0.25) is 0 Å². The van der Waals surface area contributed by atoms with Gasteiger partial charge >= 0.3 is 5.97 Å². The summed E-state index contributed by atoms with van der Waals surface area (Å²) in [4.78, 5) is 11.6. The molecular weight excluding hydrogens is 317 g/mol. The third-order valence-corrected chi connectivity index (χ3v) is 2.76. The Balaban J connectivity index is 2.93. The number of anilines is 1. The van der Waals surface area contributed by atoms with E-state index in [-0.39, 0.29) is 5.97 Å². The van der Waals surface area contributed by atoms with Crippen LogP contribution in [0.4, 0.5) is 5.69 Å². The van der Waals surface area contributed by atoms with Gasteiger partial charge in [0.25, 0.3) is 0 Å². The van der Waals surface area contributed by atoms with Crippen LogP contribution in [0.25, 0.3) is 0 Å². The number of benzene rings is 1. The molecule has 0 aliphatic carbocycles. The standard InChI is InChI=1S/C12H16INO2/c1-8(2)7-14-11-5-4-9(13)6-10(11)12(15)16-3/h4-6,8,14H,7H2,1-3H3. The van der Waals surface area contributed by atoms with Gasteiger partial charge in [-0.1, -0.05) is 13.8 Å². The molecule has 4 heteroatoms. The van der Waals surface area contributed by atoms with Crippen LogP contribution in [0.1, 0.15) is 24.2 Å². The van der Waals surface area contributed by atoms with Gasteiger partial charge in [0.1, 0.15) is 0 Å². The summed E-state index contributed by atoms with van der Waals surface area (Å²) in [5.41, 5.74) is 1.43. The summed E-state index contributed by atoms with van der Waals surface area (Å²) in [7, 11) is 1.40. The molecule has 0 bridgehead atoms. The molecule has 16 heavy (non-hydrogen) atoms. The number of esters is 1. The molecule has 1 aromatic carbocycles. The monoisotopic (exact) mass is 333 g/mol. The van der Waals surface area contributed by atoms with Crippen molar-refractivity contribution in [2.75, 3.05) is 19.0 Å². The molecule has 0 heterocycles. The molecule has 1 aromatic rings. The van der Waals surface area contributed by atoms with Crippen LogP contribution in [0, 0.1) is 9.49 Å². The fraction of sp³-hybridized carbons (Fsp3) is 0.417. The number of nitrogens with one attached hydrogen (secondary N) is 1. The van der Waals surface area contributed by atoms with Gasteiger partial charge in [-0.25, -0.2) is 4.79 Å². The van der Waals surface area contributed by atoms with Gasteiger partial charge in [-0.15, -0.1) is 0 Å². The Kier molecular flexibility index (Phi) is 5.05. The summed E-state index contributed by atoms with van der Waals surface area (Å²) < 4.78 is 5.78. The topological polar surface area (TPSA) is 38.3 Å². The maximum absolute atomic E-state index is 11.6. The Morgan fingerprint density at radius 3 is 2.75 bits per heavy atom. The van der Waals surface area contributed by atoms with Gasteiger partial charge in [-0.2, -0.15) is 0 Å². The van der Waals surface area contributed by atoms with Crippen molar-refractivity contribution in [2.45, 2.75) is 13.8 Å². The third-order valence-electron chi connectivity index (χ3n) is 2.09. The Bertz CT molecular complexity index is 377. The molecule has 0 amide bonds. The van der Waals surface area contributed by atoms with Gasteiger partial charge in [0, 0.05) is 15.8 Å². The van der Waals surface area contributed by atoms with E-state index in [4.69, 9.17) is 4.74 Å². The Morgan fingerprint density at radius 1 is 1.50 bits per heavy atom. The fourth-order valence-electron chi connectivity index (χ4n) is 1.26. The van der Waals surface area contributed by atoms with Crippen molar-refractivity contribution >= 4 is 34.2 Å². The molecule has 0 aliphatic heterocycles. The molecule has 88 valence electrons. The summed E-state index contributed by atoms with van der Waals surface area (Å²) >= 11 is 2.18. The SMILES string of the molecule is COC(=O)c1cc(I)ccc1NCC(C)C. The molecule has 0 unspecified atom stereocenters. The molecule has 0 radical (unpaired) electrons. The largest absolute Gasteiger partial charge is 0.465 e. The number of halogens is 1. The molecule has 3 nitrogen and oxygen atoms in total. The van der Waals surface area contributed by atoms with Crippen LogP contribution in [0.3, 0.4) is 0 Å². The summed E-state index contributed by atoms with van der Waals surface area (Å²) in [5, 5.41) is 3.25. The van der Waals surface area contributed by atoms with Crippen molar-refractivity contribution in [1.82, 2.24) is 0 Å². The van der Waals surface area contributed by atoms with Crippen molar-refractivity contribution in [1.29, 1.82) is 0 Å². The highest BCUT2D eigenvalue weighted by Crippen LogP contribution is 2.20. The first-order valence-corrected chi connectivity index (χ1v) is 6.24. The molecule has 0 aromatic heterocycles. The highest BCUT2D eigenvalue weighted by Gasteiger charge is 2.12. The molecule has 1 N–H and O–H groups in total. The second-order valence-electron chi connectivity index (χ2n) is 3.96. The van der Waals surface area contributed by atoms with Gasteiger partial charge in [0.05, 0.1) is 12.7 Å². The number of carbonyl (C=O) groups is 1. The van der Waals surface area contributed by atoms with E-state index in [9.17, 15) is 4.79 Å². The predicted octanol–water partition coefficient (Wildman–Crippen LogP) is 3.15. The van der Waals surface area contributed by atoms with E-state index in [1.54, 1.807) is 0 Å². The molecule has 0 fully saturated rings. The number of hydrogen-bond acceptors (Lipinski definition) is 3. The van der Waals surface area contributed by atoms with Crippen molar-refractivity contribution in [3.8, 4) is 0 Å². The smallest absolute Gasteiger partial charge is 0.339 e. The van der Waals surface area contributed by atoms with E-state index in [2.05, 4.69) is 41.8 Å². The zero-order valence-electron chi connectivity index (χ0n) is 9.71. The van der Waals surface area contributed by atoms with E-state index in [1.807, 2.05) is 18.2 Å². The highest BCUT2D eigenvalue weighted by molar-refractivity contribution is 14.1. The summed E-state index contributed by atoms with van der Waals surface area (Å²) in [5.74, 6) is 0.231. The Labute approximate surface area is 110 Å². The van der Waals surface area contributed by atoms with Gasteiger partial charge < -0.3 is 10.1 Å². The first kappa shape index (κ1) is 13.3. The van der Waals surface area contributed by atoms with Crippen LogP contribution >= 0.6 is 22.6 Å². The van der Waals surface area contributed by atoms with E-state index in [0.717, 1.165) is 15.8 Å². The number of rotatable bonds is 4. The van der Waals surface area contributed by atoms with E-state index in [0.29, 0.717) is 11.5 Å². The molecule has 0 atom stereocenters. The van der Waals surface area contributed by atoms with Crippen molar-refractivity contribution in [3.63, 3.8) is 0 Å². The van der Waals surface area contributed by atoms with Gasteiger partial charge in [-0.05, 0) is 46.7 Å². The van der Waals surface area contributed by atoms with E-state index >= 15 is 0 Å². The van der Waals surface area contributed by atoms with Crippen molar-refractivity contribution < 1.29 is 9.53 Å². The lowest BCUT2D eigenvalue weighted by Gasteiger charge is -2.12. The molecule has 1 rings (SSSR count).